The summed E-state index contributed by atoms with van der Waals surface area (Å²) in [5.41, 5.74) is 3.11. The number of amides is 3. The third-order valence-corrected chi connectivity index (χ3v) is 4.44. The molecule has 0 unspecified atom stereocenters. The second-order valence-corrected chi connectivity index (χ2v) is 7.17. The number of methoxy groups -OCH3 is 2. The first kappa shape index (κ1) is 25.9. The lowest BCUT2D eigenvalue weighted by atomic mass is 10.2. The SMILES string of the molecule is COCCNC(=O)C(=O)N/N=C\c1cc(Cl)c(OCC(=O)Nc2ccc(Cl)cc2)c(OC)c1. The number of anilines is 1. The van der Waals surface area contributed by atoms with Crippen LogP contribution >= 0.6 is 23.2 Å². The third-order valence-electron chi connectivity index (χ3n) is 3.91. The van der Waals surface area contributed by atoms with Crippen LogP contribution in [0.2, 0.25) is 10.0 Å². The van der Waals surface area contributed by atoms with E-state index in [4.69, 9.17) is 37.4 Å². The van der Waals surface area contributed by atoms with E-state index in [1.54, 1.807) is 24.3 Å². The van der Waals surface area contributed by atoms with Gasteiger partial charge in [-0.15, -0.1) is 0 Å². The standard InChI is InChI=1S/C21H22Cl2N4O6/c1-31-8-7-24-20(29)21(30)27-25-11-13-9-16(23)19(17(10-13)32-2)33-12-18(28)26-15-5-3-14(22)4-6-15/h3-6,9-11H,7-8,12H2,1-2H3,(H,24,29)(H,26,28)(H,27,30)/b25-11-. The van der Waals surface area contributed by atoms with Gasteiger partial charge in [0.15, 0.2) is 18.1 Å². The van der Waals surface area contributed by atoms with E-state index in [-0.39, 0.29) is 36.3 Å². The van der Waals surface area contributed by atoms with E-state index in [2.05, 4.69) is 21.2 Å². The molecule has 0 aromatic heterocycles. The minimum atomic E-state index is -0.938. The van der Waals surface area contributed by atoms with Crippen LogP contribution in [0.25, 0.3) is 0 Å². The number of hydrogen-bond donors (Lipinski definition) is 3. The average molecular weight is 497 g/mol. The third kappa shape index (κ3) is 8.60. The van der Waals surface area contributed by atoms with Crippen molar-refractivity contribution in [3.63, 3.8) is 0 Å². The molecule has 0 fully saturated rings. The second-order valence-electron chi connectivity index (χ2n) is 6.33. The highest BCUT2D eigenvalue weighted by Crippen LogP contribution is 2.36. The van der Waals surface area contributed by atoms with E-state index in [0.717, 1.165) is 0 Å². The molecule has 0 heterocycles. The van der Waals surface area contributed by atoms with Gasteiger partial charge < -0.3 is 24.8 Å². The number of ether oxygens (including phenoxy) is 3. The Bertz CT molecular complexity index is 1010. The second kappa shape index (κ2) is 13.3. The van der Waals surface area contributed by atoms with Gasteiger partial charge in [-0.25, -0.2) is 5.43 Å². The molecule has 33 heavy (non-hydrogen) atoms. The van der Waals surface area contributed by atoms with Crippen molar-refractivity contribution in [2.45, 2.75) is 0 Å². The Hall–Kier alpha value is -3.34. The van der Waals surface area contributed by atoms with Gasteiger partial charge in [-0.1, -0.05) is 23.2 Å². The molecule has 0 saturated heterocycles. The zero-order chi connectivity index (χ0) is 24.2. The quantitative estimate of drug-likeness (QED) is 0.200. The number of carbonyl (C=O) groups excluding carboxylic acids is 3. The summed E-state index contributed by atoms with van der Waals surface area (Å²) < 4.78 is 15.6. The minimum absolute atomic E-state index is 0.152. The van der Waals surface area contributed by atoms with Gasteiger partial charge in [-0.05, 0) is 42.0 Å². The van der Waals surface area contributed by atoms with Gasteiger partial charge in [-0.3, -0.25) is 14.4 Å². The number of halogens is 2. The Morgan fingerprint density at radius 3 is 2.45 bits per heavy atom. The lowest BCUT2D eigenvalue weighted by Crippen LogP contribution is -2.39. The normalized spacial score (nSPS) is 10.5. The molecular weight excluding hydrogens is 475 g/mol. The van der Waals surface area contributed by atoms with E-state index in [1.165, 1.54) is 32.6 Å². The van der Waals surface area contributed by atoms with E-state index < -0.39 is 17.7 Å². The summed E-state index contributed by atoms with van der Waals surface area (Å²) in [5.74, 6) is -1.80. The van der Waals surface area contributed by atoms with Crippen molar-refractivity contribution in [2.75, 3.05) is 39.3 Å². The van der Waals surface area contributed by atoms with Gasteiger partial charge in [0, 0.05) is 24.4 Å². The van der Waals surface area contributed by atoms with Crippen molar-refractivity contribution in [1.82, 2.24) is 10.7 Å². The molecule has 176 valence electrons. The highest BCUT2D eigenvalue weighted by atomic mass is 35.5. The summed E-state index contributed by atoms with van der Waals surface area (Å²) in [6.07, 6.45) is 1.27. The smallest absolute Gasteiger partial charge is 0.329 e. The summed E-state index contributed by atoms with van der Waals surface area (Å²) in [6.45, 7) is 0.149. The molecule has 2 rings (SSSR count). The summed E-state index contributed by atoms with van der Waals surface area (Å²) in [6, 6.07) is 9.63. The maximum absolute atomic E-state index is 12.1. The molecule has 10 nitrogen and oxygen atoms in total. The molecule has 0 bridgehead atoms. The number of benzene rings is 2. The Balaban J connectivity index is 1.95. The fourth-order valence-electron chi connectivity index (χ4n) is 2.39. The van der Waals surface area contributed by atoms with Crippen LogP contribution in [-0.2, 0) is 19.1 Å². The van der Waals surface area contributed by atoms with E-state index in [0.29, 0.717) is 16.3 Å². The molecule has 0 radical (unpaired) electrons. The molecule has 0 aliphatic rings. The summed E-state index contributed by atoms with van der Waals surface area (Å²) in [5, 5.41) is 9.45. The largest absolute Gasteiger partial charge is 0.493 e. The van der Waals surface area contributed by atoms with E-state index >= 15 is 0 Å². The van der Waals surface area contributed by atoms with Crippen LogP contribution in [0.5, 0.6) is 11.5 Å². The molecule has 2 aromatic rings. The number of hydrogen-bond acceptors (Lipinski definition) is 7. The molecule has 0 spiro atoms. The Kier molecular flexibility index (Phi) is 10.4. The fraction of sp³-hybridized carbons (Fsp3) is 0.238. The molecule has 0 aliphatic heterocycles. The topological polar surface area (TPSA) is 127 Å². The van der Waals surface area contributed by atoms with Crippen LogP contribution in [0.15, 0.2) is 41.5 Å². The fourth-order valence-corrected chi connectivity index (χ4v) is 2.79. The minimum Gasteiger partial charge on any atom is -0.493 e. The molecular formula is C21H22Cl2N4O6. The lowest BCUT2D eigenvalue weighted by Gasteiger charge is -2.13. The van der Waals surface area contributed by atoms with E-state index in [9.17, 15) is 14.4 Å². The van der Waals surface area contributed by atoms with Crippen LogP contribution < -0.4 is 25.5 Å². The van der Waals surface area contributed by atoms with Crippen LogP contribution in [0.3, 0.4) is 0 Å². The van der Waals surface area contributed by atoms with Crippen molar-refractivity contribution in [2.24, 2.45) is 5.10 Å². The molecule has 3 amide bonds. The summed E-state index contributed by atoms with van der Waals surface area (Å²) in [7, 11) is 2.88. The predicted octanol–water partition coefficient (Wildman–Crippen LogP) is 2.23. The number of nitrogens with zero attached hydrogens (tertiary/aromatic N) is 1. The first-order valence-electron chi connectivity index (χ1n) is 9.50. The number of carbonyl (C=O) groups is 3. The highest BCUT2D eigenvalue weighted by molar-refractivity contribution is 6.35. The van der Waals surface area contributed by atoms with Crippen LogP contribution in [0.4, 0.5) is 5.69 Å². The van der Waals surface area contributed by atoms with Crippen LogP contribution in [0, 0.1) is 0 Å². The van der Waals surface area contributed by atoms with Gasteiger partial charge in [0.2, 0.25) is 0 Å². The van der Waals surface area contributed by atoms with Gasteiger partial charge in [0.25, 0.3) is 5.91 Å². The molecule has 0 saturated carbocycles. The Morgan fingerprint density at radius 2 is 1.79 bits per heavy atom. The highest BCUT2D eigenvalue weighted by Gasteiger charge is 2.14. The van der Waals surface area contributed by atoms with Gasteiger partial charge in [0.05, 0.1) is 25.0 Å². The first-order valence-corrected chi connectivity index (χ1v) is 10.3. The number of rotatable bonds is 10. The maximum atomic E-state index is 12.1. The van der Waals surface area contributed by atoms with Crippen molar-refractivity contribution < 1.29 is 28.6 Å². The maximum Gasteiger partial charge on any atom is 0.329 e. The molecule has 0 atom stereocenters. The van der Waals surface area contributed by atoms with Gasteiger partial charge in [0.1, 0.15) is 0 Å². The van der Waals surface area contributed by atoms with Crippen molar-refractivity contribution >= 4 is 52.8 Å². The van der Waals surface area contributed by atoms with Crippen LogP contribution in [-0.4, -0.2) is 57.9 Å². The molecule has 3 N–H and O–H groups in total. The average Bonchev–Trinajstić information content (AvgIpc) is 2.79. The summed E-state index contributed by atoms with van der Waals surface area (Å²) >= 11 is 12.1. The van der Waals surface area contributed by atoms with Crippen molar-refractivity contribution in [3.05, 3.63) is 52.0 Å². The number of hydrazone groups is 1. The lowest BCUT2D eigenvalue weighted by molar-refractivity contribution is -0.139. The first-order chi connectivity index (χ1) is 15.8. The zero-order valence-corrected chi connectivity index (χ0v) is 19.3. The Morgan fingerprint density at radius 1 is 1.06 bits per heavy atom. The number of nitrogens with one attached hydrogen (secondary N) is 3. The molecule has 0 aliphatic carbocycles. The van der Waals surface area contributed by atoms with Gasteiger partial charge >= 0.3 is 11.8 Å². The zero-order valence-electron chi connectivity index (χ0n) is 17.8. The predicted molar refractivity (Wildman–Crippen MR) is 124 cm³/mol. The molecule has 2 aromatic carbocycles. The molecule has 12 heteroatoms. The summed E-state index contributed by atoms with van der Waals surface area (Å²) in [4.78, 5) is 35.4. The van der Waals surface area contributed by atoms with Gasteiger partial charge in [-0.2, -0.15) is 5.10 Å². The monoisotopic (exact) mass is 496 g/mol. The van der Waals surface area contributed by atoms with Crippen molar-refractivity contribution in [1.29, 1.82) is 0 Å². The van der Waals surface area contributed by atoms with E-state index in [1.807, 2.05) is 0 Å². The Labute approximate surface area is 200 Å². The van der Waals surface area contributed by atoms with Crippen LogP contribution in [0.1, 0.15) is 5.56 Å². The van der Waals surface area contributed by atoms with Crippen molar-refractivity contribution in [3.8, 4) is 11.5 Å².